The summed E-state index contributed by atoms with van der Waals surface area (Å²) in [5, 5.41) is 0. The van der Waals surface area contributed by atoms with Gasteiger partial charge in [0.05, 0.1) is 0 Å². The van der Waals surface area contributed by atoms with Crippen molar-refractivity contribution in [2.75, 3.05) is 19.6 Å². The second kappa shape index (κ2) is 3.17. The lowest BCUT2D eigenvalue weighted by Crippen LogP contribution is -2.33. The molecule has 2 heteroatoms. The monoisotopic (exact) mass is 200 g/mol. The van der Waals surface area contributed by atoms with Crippen molar-refractivity contribution < 1.29 is 0 Å². The van der Waals surface area contributed by atoms with Crippen molar-refractivity contribution >= 4 is 0 Å². The summed E-state index contributed by atoms with van der Waals surface area (Å²) in [5.41, 5.74) is 2.75. The molecule has 1 aromatic heterocycles. The first kappa shape index (κ1) is 9.10. The van der Waals surface area contributed by atoms with E-state index in [9.17, 15) is 0 Å². The van der Waals surface area contributed by atoms with E-state index in [1.54, 1.807) is 0 Å². The van der Waals surface area contributed by atoms with Crippen LogP contribution >= 0.6 is 0 Å². The van der Waals surface area contributed by atoms with E-state index in [1.807, 2.05) is 6.92 Å². The highest BCUT2D eigenvalue weighted by molar-refractivity contribution is 5.34. The van der Waals surface area contributed by atoms with Crippen LogP contribution in [0.15, 0.2) is 30.5 Å². The Morgan fingerprint density at radius 1 is 1.40 bits per heavy atom. The highest BCUT2D eigenvalue weighted by atomic mass is 15.2. The van der Waals surface area contributed by atoms with Crippen LogP contribution in [-0.4, -0.2) is 29.5 Å². The Labute approximate surface area is 90.6 Å². The van der Waals surface area contributed by atoms with Crippen molar-refractivity contribution in [1.82, 2.24) is 9.88 Å². The van der Waals surface area contributed by atoms with Crippen LogP contribution in [0.1, 0.15) is 17.7 Å². The van der Waals surface area contributed by atoms with Crippen LogP contribution in [0, 0.1) is 6.92 Å². The first-order chi connectivity index (χ1) is 7.28. The number of rotatable bonds is 1. The molecule has 78 valence electrons. The van der Waals surface area contributed by atoms with Gasteiger partial charge in [0.2, 0.25) is 0 Å². The van der Waals surface area contributed by atoms with Gasteiger partial charge in [0.1, 0.15) is 0 Å². The van der Waals surface area contributed by atoms with Crippen molar-refractivity contribution in [3.05, 3.63) is 41.7 Å². The minimum atomic E-state index is 0.263. The smallest absolute Gasteiger partial charge is 0.0372 e. The second-order valence-electron chi connectivity index (χ2n) is 4.73. The molecule has 1 fully saturated rings. The van der Waals surface area contributed by atoms with Crippen LogP contribution in [0.4, 0.5) is 0 Å². The Hall–Kier alpha value is -1.15. The minimum Gasteiger partial charge on any atom is -0.298 e. The molecule has 2 bridgehead atoms. The highest BCUT2D eigenvalue weighted by Gasteiger charge is 2.39. The third-order valence-corrected chi connectivity index (χ3v) is 3.67. The van der Waals surface area contributed by atoms with Crippen LogP contribution in [0.25, 0.3) is 0 Å². The van der Waals surface area contributed by atoms with Gasteiger partial charge in [-0.25, -0.2) is 0 Å². The average Bonchev–Trinajstić information content (AvgIpc) is 2.56. The van der Waals surface area contributed by atoms with Gasteiger partial charge in [-0.2, -0.15) is 0 Å². The third-order valence-electron chi connectivity index (χ3n) is 3.67. The SMILES string of the molecule is Cc1ccc(C23C=CCN(CC2)C3)cn1. The lowest BCUT2D eigenvalue weighted by molar-refractivity contribution is 0.345. The van der Waals surface area contributed by atoms with Crippen LogP contribution in [0.3, 0.4) is 0 Å². The second-order valence-corrected chi connectivity index (χ2v) is 4.73. The standard InChI is InChI=1S/C13H16N2/c1-11-3-4-12(9-14-11)13-5-2-7-15(10-13)8-6-13/h2-5,9H,6-8,10H2,1H3. The molecule has 2 aliphatic heterocycles. The zero-order valence-corrected chi connectivity index (χ0v) is 9.11. The molecule has 1 saturated heterocycles. The van der Waals surface area contributed by atoms with Crippen molar-refractivity contribution in [1.29, 1.82) is 0 Å². The van der Waals surface area contributed by atoms with E-state index in [4.69, 9.17) is 0 Å². The molecule has 0 amide bonds. The molecule has 2 unspecified atom stereocenters. The summed E-state index contributed by atoms with van der Waals surface area (Å²) in [6.07, 6.45) is 7.99. The molecule has 1 aromatic rings. The normalized spacial score (nSPS) is 33.3. The first-order valence-corrected chi connectivity index (χ1v) is 5.62. The molecule has 0 spiro atoms. The molecule has 0 aliphatic carbocycles. The largest absolute Gasteiger partial charge is 0.298 e. The molecule has 15 heavy (non-hydrogen) atoms. The lowest BCUT2D eigenvalue weighted by atomic mass is 9.79. The van der Waals surface area contributed by atoms with Gasteiger partial charge in [0, 0.05) is 30.4 Å². The summed E-state index contributed by atoms with van der Waals surface area (Å²) in [6.45, 7) is 5.56. The maximum Gasteiger partial charge on any atom is 0.0372 e. The van der Waals surface area contributed by atoms with Crippen LogP contribution < -0.4 is 0 Å². The molecule has 3 rings (SSSR count). The van der Waals surface area contributed by atoms with Gasteiger partial charge in [-0.15, -0.1) is 0 Å². The molecule has 0 radical (unpaired) electrons. The number of pyridine rings is 1. The molecule has 2 atom stereocenters. The molecular formula is C13H16N2. The molecule has 2 nitrogen and oxygen atoms in total. The van der Waals surface area contributed by atoms with Gasteiger partial charge >= 0.3 is 0 Å². The molecular weight excluding hydrogens is 184 g/mol. The molecule has 0 saturated carbocycles. The summed E-state index contributed by atoms with van der Waals surface area (Å²) in [5.74, 6) is 0. The Morgan fingerprint density at radius 3 is 3.13 bits per heavy atom. The van der Waals surface area contributed by atoms with Gasteiger partial charge in [-0.3, -0.25) is 9.88 Å². The summed E-state index contributed by atoms with van der Waals surface area (Å²) < 4.78 is 0. The predicted molar refractivity (Wildman–Crippen MR) is 60.8 cm³/mol. The van der Waals surface area contributed by atoms with E-state index >= 15 is 0 Å². The highest BCUT2D eigenvalue weighted by Crippen LogP contribution is 2.37. The molecule has 0 N–H and O–H groups in total. The first-order valence-electron chi connectivity index (χ1n) is 5.62. The van der Waals surface area contributed by atoms with Crippen molar-refractivity contribution in [2.24, 2.45) is 0 Å². The quantitative estimate of drug-likeness (QED) is 0.644. The van der Waals surface area contributed by atoms with Crippen LogP contribution in [0.2, 0.25) is 0 Å². The summed E-state index contributed by atoms with van der Waals surface area (Å²) >= 11 is 0. The number of aromatic nitrogens is 1. The fourth-order valence-corrected chi connectivity index (χ4v) is 2.73. The predicted octanol–water partition coefficient (Wildman–Crippen LogP) is 1.90. The fraction of sp³-hybridized carbons (Fsp3) is 0.462. The number of aryl methyl sites for hydroxylation is 1. The molecule has 0 aromatic carbocycles. The van der Waals surface area contributed by atoms with E-state index < -0.39 is 0 Å². The Bertz CT molecular complexity index is 394. The van der Waals surface area contributed by atoms with E-state index in [2.05, 4.69) is 40.4 Å². The zero-order chi connectivity index (χ0) is 10.3. The number of fused-ring (bicyclic) bond motifs is 2. The van der Waals surface area contributed by atoms with E-state index in [-0.39, 0.29) is 5.41 Å². The number of hydrogen-bond acceptors (Lipinski definition) is 2. The summed E-state index contributed by atoms with van der Waals surface area (Å²) in [7, 11) is 0. The van der Waals surface area contributed by atoms with Crippen molar-refractivity contribution in [3.8, 4) is 0 Å². The van der Waals surface area contributed by atoms with E-state index in [1.165, 1.54) is 25.1 Å². The topological polar surface area (TPSA) is 16.1 Å². The fourth-order valence-electron chi connectivity index (χ4n) is 2.73. The van der Waals surface area contributed by atoms with Crippen LogP contribution in [-0.2, 0) is 5.41 Å². The third kappa shape index (κ3) is 1.40. The average molecular weight is 200 g/mol. The Balaban J connectivity index is 2.02. The summed E-state index contributed by atoms with van der Waals surface area (Å²) in [4.78, 5) is 6.93. The Kier molecular flexibility index (Phi) is 1.93. The molecule has 2 aliphatic rings. The van der Waals surface area contributed by atoms with Gasteiger partial charge in [-0.1, -0.05) is 18.2 Å². The minimum absolute atomic E-state index is 0.263. The van der Waals surface area contributed by atoms with E-state index in [0.29, 0.717) is 0 Å². The van der Waals surface area contributed by atoms with Gasteiger partial charge in [0.15, 0.2) is 0 Å². The van der Waals surface area contributed by atoms with Crippen LogP contribution in [0.5, 0.6) is 0 Å². The van der Waals surface area contributed by atoms with Gasteiger partial charge < -0.3 is 0 Å². The summed E-state index contributed by atoms with van der Waals surface area (Å²) in [6, 6.07) is 4.36. The van der Waals surface area contributed by atoms with Crippen molar-refractivity contribution in [3.63, 3.8) is 0 Å². The maximum atomic E-state index is 4.41. The number of hydrogen-bond donors (Lipinski definition) is 0. The van der Waals surface area contributed by atoms with Gasteiger partial charge in [0.25, 0.3) is 0 Å². The van der Waals surface area contributed by atoms with Crippen molar-refractivity contribution in [2.45, 2.75) is 18.8 Å². The zero-order valence-electron chi connectivity index (χ0n) is 9.11. The van der Waals surface area contributed by atoms with E-state index in [0.717, 1.165) is 12.2 Å². The maximum absolute atomic E-state index is 4.41. The Morgan fingerprint density at radius 2 is 2.33 bits per heavy atom. The molecule has 3 heterocycles. The lowest BCUT2D eigenvalue weighted by Gasteiger charge is -2.29. The number of nitrogens with zero attached hydrogens (tertiary/aromatic N) is 2. The van der Waals surface area contributed by atoms with Gasteiger partial charge in [-0.05, 0) is 31.5 Å².